The van der Waals surface area contributed by atoms with Crippen LogP contribution < -0.4 is 4.90 Å². The Morgan fingerprint density at radius 3 is 2.29 bits per heavy atom. The number of carbonyl (C=O) groups excluding carboxylic acids is 1. The van der Waals surface area contributed by atoms with Gasteiger partial charge in [0.25, 0.3) is 0 Å². The summed E-state index contributed by atoms with van der Waals surface area (Å²) in [6, 6.07) is 12.5. The van der Waals surface area contributed by atoms with E-state index >= 15 is 0 Å². The lowest BCUT2D eigenvalue weighted by molar-refractivity contribution is -0.116. The van der Waals surface area contributed by atoms with Crippen LogP contribution in [0, 0.1) is 13.8 Å². The van der Waals surface area contributed by atoms with Crippen LogP contribution in [-0.4, -0.2) is 57.1 Å². The molecular weight excluding hydrogens is 454 g/mol. The molecule has 1 aromatic heterocycles. The fourth-order valence-corrected chi connectivity index (χ4v) is 5.38. The van der Waals surface area contributed by atoms with Gasteiger partial charge in [-0.25, -0.2) is 13.4 Å². The second-order valence-corrected chi connectivity index (χ2v) is 10.7. The van der Waals surface area contributed by atoms with Gasteiger partial charge in [-0.05, 0) is 70.7 Å². The summed E-state index contributed by atoms with van der Waals surface area (Å²) < 4.78 is 26.6. The smallest absolute Gasteiger partial charge is 0.244 e. The van der Waals surface area contributed by atoms with Crippen LogP contribution in [0.4, 0.5) is 5.13 Å². The number of aryl methyl sites for hydroxylation is 2. The number of nitrogens with zero attached hydrogens (tertiary/aromatic N) is 3. The van der Waals surface area contributed by atoms with Gasteiger partial charge in [0, 0.05) is 6.54 Å². The first-order chi connectivity index (χ1) is 14.2. The molecule has 0 saturated heterocycles. The molecule has 0 bridgehead atoms. The van der Waals surface area contributed by atoms with E-state index in [4.69, 9.17) is 0 Å². The fourth-order valence-electron chi connectivity index (χ4n) is 3.08. The number of hydrogen-bond acceptors (Lipinski definition) is 6. The van der Waals surface area contributed by atoms with Crippen molar-refractivity contribution in [1.29, 1.82) is 0 Å². The summed E-state index contributed by atoms with van der Waals surface area (Å²) in [5.41, 5.74) is 2.90. The van der Waals surface area contributed by atoms with Gasteiger partial charge < -0.3 is 4.90 Å². The zero-order valence-electron chi connectivity index (χ0n) is 18.2. The number of aromatic nitrogens is 1. The van der Waals surface area contributed by atoms with Crippen molar-refractivity contribution in [1.82, 2.24) is 9.88 Å². The zero-order valence-corrected chi connectivity index (χ0v) is 20.6. The van der Waals surface area contributed by atoms with E-state index in [0.717, 1.165) is 34.3 Å². The van der Waals surface area contributed by atoms with Crippen molar-refractivity contribution in [2.45, 2.75) is 25.2 Å². The number of benzene rings is 2. The molecule has 3 aromatic rings. The number of halogens is 1. The van der Waals surface area contributed by atoms with Crippen molar-refractivity contribution >= 4 is 54.8 Å². The van der Waals surface area contributed by atoms with Crippen molar-refractivity contribution < 1.29 is 13.2 Å². The molecule has 6 nitrogen and oxygen atoms in total. The standard InChI is InChI=1S/C22H27N3O3S2.ClH/c1-16-6-9-18(10-7-16)30(27,28)15-21(26)25(13-5-12-24(3)4)22-23-19-11-8-17(2)14-20(19)29-22;/h6-11,14H,5,12-13,15H2,1-4H3;1H. The molecule has 0 radical (unpaired) electrons. The maximum Gasteiger partial charge on any atom is 0.244 e. The van der Waals surface area contributed by atoms with Gasteiger partial charge in [0.15, 0.2) is 15.0 Å². The van der Waals surface area contributed by atoms with E-state index in [2.05, 4.69) is 4.98 Å². The SMILES string of the molecule is Cc1ccc(S(=O)(=O)CC(=O)N(CCCN(C)C)c2nc3ccc(C)cc3s2)cc1.Cl. The Labute approximate surface area is 194 Å². The number of sulfone groups is 1. The normalized spacial score (nSPS) is 11.5. The highest BCUT2D eigenvalue weighted by molar-refractivity contribution is 7.92. The monoisotopic (exact) mass is 481 g/mol. The Bertz CT molecular complexity index is 1140. The Morgan fingerprint density at radius 1 is 1.00 bits per heavy atom. The molecule has 0 aliphatic heterocycles. The quantitative estimate of drug-likeness (QED) is 0.484. The Balaban J connectivity index is 0.00000341. The molecule has 9 heteroatoms. The van der Waals surface area contributed by atoms with Gasteiger partial charge in [0.05, 0.1) is 15.1 Å². The van der Waals surface area contributed by atoms with Gasteiger partial charge in [0.1, 0.15) is 5.75 Å². The molecule has 2 aromatic carbocycles. The number of fused-ring (bicyclic) bond motifs is 1. The van der Waals surface area contributed by atoms with Crippen molar-refractivity contribution in [2.24, 2.45) is 0 Å². The number of thiazole rings is 1. The van der Waals surface area contributed by atoms with Crippen LogP contribution >= 0.6 is 23.7 Å². The van der Waals surface area contributed by atoms with Crippen LogP contribution in [0.5, 0.6) is 0 Å². The highest BCUT2D eigenvalue weighted by Gasteiger charge is 2.26. The number of hydrogen-bond donors (Lipinski definition) is 0. The first-order valence-electron chi connectivity index (χ1n) is 9.77. The average molecular weight is 482 g/mol. The van der Waals surface area contributed by atoms with Crippen LogP contribution in [0.2, 0.25) is 0 Å². The van der Waals surface area contributed by atoms with Crippen LogP contribution in [-0.2, 0) is 14.6 Å². The molecule has 0 N–H and O–H groups in total. The maximum atomic E-state index is 13.1. The minimum atomic E-state index is -3.73. The maximum absolute atomic E-state index is 13.1. The molecule has 0 spiro atoms. The van der Waals surface area contributed by atoms with Crippen molar-refractivity contribution in [2.75, 3.05) is 37.8 Å². The van der Waals surface area contributed by atoms with Gasteiger partial charge in [-0.2, -0.15) is 0 Å². The lowest BCUT2D eigenvalue weighted by Gasteiger charge is -2.21. The average Bonchev–Trinajstić information content (AvgIpc) is 3.07. The molecule has 1 amide bonds. The molecule has 0 atom stereocenters. The first-order valence-corrected chi connectivity index (χ1v) is 12.2. The minimum Gasteiger partial charge on any atom is -0.309 e. The van der Waals surface area contributed by atoms with Crippen LogP contribution in [0.25, 0.3) is 10.2 Å². The summed E-state index contributed by atoms with van der Waals surface area (Å²) in [6.07, 6.45) is 0.721. The molecule has 0 unspecified atom stereocenters. The molecule has 0 aliphatic carbocycles. The second-order valence-electron chi connectivity index (χ2n) is 7.74. The van der Waals surface area contributed by atoms with Gasteiger partial charge in [-0.3, -0.25) is 9.69 Å². The predicted octanol–water partition coefficient (Wildman–Crippen LogP) is 4.09. The molecule has 0 fully saturated rings. The molecule has 31 heavy (non-hydrogen) atoms. The third kappa shape index (κ3) is 6.49. The van der Waals surface area contributed by atoms with E-state index in [0.29, 0.717) is 11.7 Å². The number of anilines is 1. The van der Waals surface area contributed by atoms with Gasteiger partial charge in [0.2, 0.25) is 5.91 Å². The lowest BCUT2D eigenvalue weighted by Crippen LogP contribution is -2.37. The second kappa shape index (κ2) is 10.5. The lowest BCUT2D eigenvalue weighted by atomic mass is 10.2. The van der Waals surface area contributed by atoms with E-state index in [-0.39, 0.29) is 17.3 Å². The van der Waals surface area contributed by atoms with E-state index in [1.54, 1.807) is 24.3 Å². The van der Waals surface area contributed by atoms with E-state index in [1.165, 1.54) is 16.2 Å². The van der Waals surface area contributed by atoms with E-state index in [9.17, 15) is 13.2 Å². The number of carbonyl (C=O) groups is 1. The highest BCUT2D eigenvalue weighted by Crippen LogP contribution is 2.30. The minimum absolute atomic E-state index is 0. The van der Waals surface area contributed by atoms with Crippen LogP contribution in [0.1, 0.15) is 17.5 Å². The first kappa shape index (κ1) is 25.3. The van der Waals surface area contributed by atoms with Gasteiger partial charge in [-0.1, -0.05) is 35.1 Å². The summed E-state index contributed by atoms with van der Waals surface area (Å²) in [5, 5.41) is 0.540. The van der Waals surface area contributed by atoms with Gasteiger partial charge >= 0.3 is 0 Å². The van der Waals surface area contributed by atoms with Crippen molar-refractivity contribution in [3.8, 4) is 0 Å². The summed E-state index contributed by atoms with van der Waals surface area (Å²) in [4.78, 5) is 21.4. The Kier molecular flexibility index (Phi) is 8.59. The van der Waals surface area contributed by atoms with Crippen LogP contribution in [0.15, 0.2) is 47.4 Å². The van der Waals surface area contributed by atoms with Crippen molar-refractivity contribution in [3.63, 3.8) is 0 Å². The molecular formula is C22H28ClN3O3S2. The molecule has 3 rings (SSSR count). The molecule has 0 aliphatic rings. The Hall–Kier alpha value is -2.00. The van der Waals surface area contributed by atoms with Gasteiger partial charge in [-0.15, -0.1) is 12.4 Å². The summed E-state index contributed by atoms with van der Waals surface area (Å²) in [6.45, 7) is 5.10. The molecule has 1 heterocycles. The fraction of sp³-hybridized carbons (Fsp3) is 0.364. The number of rotatable bonds is 8. The summed E-state index contributed by atoms with van der Waals surface area (Å²) in [5.74, 6) is -1.03. The molecule has 168 valence electrons. The largest absolute Gasteiger partial charge is 0.309 e. The third-order valence-corrected chi connectivity index (χ3v) is 7.40. The Morgan fingerprint density at radius 2 is 1.65 bits per heavy atom. The molecule has 0 saturated carbocycles. The summed E-state index contributed by atoms with van der Waals surface area (Å²) in [7, 11) is 0.201. The number of amides is 1. The third-order valence-electron chi connectivity index (χ3n) is 4.75. The van der Waals surface area contributed by atoms with Crippen molar-refractivity contribution in [3.05, 3.63) is 53.6 Å². The van der Waals surface area contributed by atoms with E-state index < -0.39 is 21.5 Å². The topological polar surface area (TPSA) is 70.6 Å². The highest BCUT2D eigenvalue weighted by atomic mass is 35.5. The van der Waals surface area contributed by atoms with Crippen LogP contribution in [0.3, 0.4) is 0 Å². The zero-order chi connectivity index (χ0) is 21.9. The summed E-state index contributed by atoms with van der Waals surface area (Å²) >= 11 is 1.42. The van der Waals surface area contributed by atoms with E-state index in [1.807, 2.05) is 51.0 Å². The predicted molar refractivity (Wildman–Crippen MR) is 130 cm³/mol.